The molecule has 0 bridgehead atoms. The highest BCUT2D eigenvalue weighted by Crippen LogP contribution is 2.41. The number of sulfonamides is 1. The van der Waals surface area contributed by atoms with Crippen molar-refractivity contribution in [3.05, 3.63) is 45.9 Å². The van der Waals surface area contributed by atoms with Crippen molar-refractivity contribution in [2.24, 2.45) is 0 Å². The first-order valence-electron chi connectivity index (χ1n) is 6.79. The molecule has 8 heteroatoms. The number of pyridine rings is 1. The van der Waals surface area contributed by atoms with Crippen LogP contribution in [-0.2, 0) is 16.6 Å². The second kappa shape index (κ2) is 4.61. The molecule has 114 valence electrons. The molecule has 4 heterocycles. The van der Waals surface area contributed by atoms with Gasteiger partial charge in [0.2, 0.25) is 10.0 Å². The molecule has 0 spiro atoms. The van der Waals surface area contributed by atoms with Crippen LogP contribution in [0.3, 0.4) is 0 Å². The van der Waals surface area contributed by atoms with Crippen LogP contribution >= 0.6 is 11.3 Å². The molecule has 1 unspecified atom stereocenters. The zero-order chi connectivity index (χ0) is 15.5. The number of amides is 1. The molecule has 0 aromatic carbocycles. The largest absolute Gasteiger partial charge is 0.323 e. The number of likely N-dealkylation sites (N-methyl/N-ethyl adjacent to an activating group) is 1. The van der Waals surface area contributed by atoms with Crippen LogP contribution in [0.5, 0.6) is 0 Å². The lowest BCUT2D eigenvalue weighted by molar-refractivity contribution is 0.0679. The summed E-state index contributed by atoms with van der Waals surface area (Å²) in [7, 11) is -1.88. The SMILES string of the molecule is CN1CC(N2Cc3ncccc3C2=O)c2sccc2S1(=O)=O. The van der Waals surface area contributed by atoms with Crippen molar-refractivity contribution in [1.82, 2.24) is 14.2 Å². The van der Waals surface area contributed by atoms with E-state index in [0.717, 1.165) is 10.6 Å². The van der Waals surface area contributed by atoms with E-state index < -0.39 is 10.0 Å². The fourth-order valence-corrected chi connectivity index (χ4v) is 5.74. The van der Waals surface area contributed by atoms with Gasteiger partial charge in [-0.15, -0.1) is 11.3 Å². The summed E-state index contributed by atoms with van der Waals surface area (Å²) in [6, 6.07) is 4.87. The average Bonchev–Trinajstić information content (AvgIpc) is 3.10. The Bertz CT molecular complexity index is 875. The van der Waals surface area contributed by atoms with Crippen LogP contribution in [0.4, 0.5) is 0 Å². The van der Waals surface area contributed by atoms with Gasteiger partial charge < -0.3 is 4.90 Å². The zero-order valence-electron chi connectivity index (χ0n) is 11.8. The normalized spacial score (nSPS) is 23.4. The molecule has 0 fully saturated rings. The number of nitrogens with zero attached hydrogens (tertiary/aromatic N) is 3. The summed E-state index contributed by atoms with van der Waals surface area (Å²) < 4.78 is 26.0. The van der Waals surface area contributed by atoms with Crippen LogP contribution in [0.15, 0.2) is 34.7 Å². The molecule has 2 aliphatic heterocycles. The molecule has 0 saturated heterocycles. The van der Waals surface area contributed by atoms with E-state index in [-0.39, 0.29) is 18.5 Å². The van der Waals surface area contributed by atoms with Crippen molar-refractivity contribution in [3.8, 4) is 0 Å². The molecular formula is C14H13N3O3S2. The number of thiophene rings is 1. The average molecular weight is 335 g/mol. The lowest BCUT2D eigenvalue weighted by Gasteiger charge is -2.34. The third-order valence-electron chi connectivity index (χ3n) is 4.16. The van der Waals surface area contributed by atoms with E-state index >= 15 is 0 Å². The molecule has 0 radical (unpaired) electrons. The first kappa shape index (κ1) is 13.9. The van der Waals surface area contributed by atoms with Crippen LogP contribution in [-0.4, -0.2) is 42.1 Å². The van der Waals surface area contributed by atoms with Gasteiger partial charge >= 0.3 is 0 Å². The maximum absolute atomic E-state index is 12.6. The van der Waals surface area contributed by atoms with E-state index in [9.17, 15) is 13.2 Å². The van der Waals surface area contributed by atoms with E-state index in [1.165, 1.54) is 15.6 Å². The molecule has 1 atom stereocenters. The molecule has 2 aliphatic rings. The van der Waals surface area contributed by atoms with Crippen molar-refractivity contribution in [3.63, 3.8) is 0 Å². The molecule has 1 amide bonds. The molecular weight excluding hydrogens is 322 g/mol. The van der Waals surface area contributed by atoms with Gasteiger partial charge in [0.15, 0.2) is 0 Å². The standard InChI is InChI=1S/C14H13N3O3S2/c1-16-8-11(13-12(4-6-21-13)22(16,19)20)17-7-10-9(14(17)18)3-2-5-15-10/h2-6,11H,7-8H2,1H3. The van der Waals surface area contributed by atoms with Crippen LogP contribution < -0.4 is 0 Å². The highest BCUT2D eigenvalue weighted by Gasteiger charge is 2.42. The Morgan fingerprint density at radius 2 is 2.18 bits per heavy atom. The van der Waals surface area contributed by atoms with Crippen molar-refractivity contribution in [2.45, 2.75) is 17.5 Å². The number of hydrogen-bond acceptors (Lipinski definition) is 5. The van der Waals surface area contributed by atoms with Gasteiger partial charge in [-0.2, -0.15) is 4.31 Å². The van der Waals surface area contributed by atoms with Gasteiger partial charge in [-0.05, 0) is 23.6 Å². The van der Waals surface area contributed by atoms with Crippen molar-refractivity contribution < 1.29 is 13.2 Å². The Kier molecular flexibility index (Phi) is 2.91. The van der Waals surface area contributed by atoms with E-state index in [1.54, 1.807) is 41.7 Å². The minimum Gasteiger partial charge on any atom is -0.323 e. The van der Waals surface area contributed by atoms with Crippen LogP contribution in [0.1, 0.15) is 27.0 Å². The van der Waals surface area contributed by atoms with Gasteiger partial charge in [0.05, 0.1) is 28.7 Å². The van der Waals surface area contributed by atoms with Crippen molar-refractivity contribution in [1.29, 1.82) is 0 Å². The highest BCUT2D eigenvalue weighted by molar-refractivity contribution is 7.89. The molecule has 0 N–H and O–H groups in total. The van der Waals surface area contributed by atoms with E-state index in [4.69, 9.17) is 0 Å². The topological polar surface area (TPSA) is 70.6 Å². The van der Waals surface area contributed by atoms with Crippen molar-refractivity contribution in [2.75, 3.05) is 13.6 Å². The lowest BCUT2D eigenvalue weighted by Crippen LogP contribution is -2.43. The summed E-state index contributed by atoms with van der Waals surface area (Å²) in [6.45, 7) is 0.695. The van der Waals surface area contributed by atoms with Crippen LogP contribution in [0, 0.1) is 0 Å². The summed E-state index contributed by atoms with van der Waals surface area (Å²) in [5, 5.41) is 1.76. The maximum atomic E-state index is 12.6. The zero-order valence-corrected chi connectivity index (χ0v) is 13.4. The first-order chi connectivity index (χ1) is 10.5. The minimum absolute atomic E-state index is 0.0832. The van der Waals surface area contributed by atoms with Gasteiger partial charge in [0.25, 0.3) is 5.91 Å². The van der Waals surface area contributed by atoms with E-state index in [0.29, 0.717) is 17.0 Å². The third-order valence-corrected chi connectivity index (χ3v) is 7.18. The Labute approximate surface area is 132 Å². The minimum atomic E-state index is -3.43. The predicted octanol–water partition coefficient (Wildman–Crippen LogP) is 1.47. The summed E-state index contributed by atoms with van der Waals surface area (Å²) in [5.74, 6) is -0.0832. The quantitative estimate of drug-likeness (QED) is 0.791. The monoisotopic (exact) mass is 335 g/mol. The second-order valence-corrected chi connectivity index (χ2v) is 8.34. The number of aromatic nitrogens is 1. The van der Waals surface area contributed by atoms with E-state index in [1.807, 2.05) is 0 Å². The number of carbonyl (C=O) groups is 1. The summed E-state index contributed by atoms with van der Waals surface area (Å²) >= 11 is 1.39. The predicted molar refractivity (Wildman–Crippen MR) is 81.0 cm³/mol. The third kappa shape index (κ3) is 1.77. The Morgan fingerprint density at radius 3 is 2.95 bits per heavy atom. The molecule has 22 heavy (non-hydrogen) atoms. The van der Waals surface area contributed by atoms with Gasteiger partial charge in [-0.3, -0.25) is 9.78 Å². The lowest BCUT2D eigenvalue weighted by atomic mass is 10.2. The number of carbonyl (C=O) groups excluding carboxylic acids is 1. The number of hydrogen-bond donors (Lipinski definition) is 0. The molecule has 2 aromatic heterocycles. The fraction of sp³-hybridized carbons (Fsp3) is 0.286. The van der Waals surface area contributed by atoms with Crippen molar-refractivity contribution >= 4 is 27.3 Å². The summed E-state index contributed by atoms with van der Waals surface area (Å²) in [5.41, 5.74) is 1.36. The molecule has 4 rings (SSSR count). The molecule has 2 aromatic rings. The molecule has 0 aliphatic carbocycles. The first-order valence-corrected chi connectivity index (χ1v) is 9.10. The summed E-state index contributed by atoms with van der Waals surface area (Å²) in [6.07, 6.45) is 1.67. The van der Waals surface area contributed by atoms with Crippen LogP contribution in [0.25, 0.3) is 0 Å². The maximum Gasteiger partial charge on any atom is 0.256 e. The number of rotatable bonds is 1. The Balaban J connectivity index is 1.79. The molecule has 0 saturated carbocycles. The fourth-order valence-electron chi connectivity index (χ4n) is 3.00. The Hall–Kier alpha value is -1.77. The molecule has 6 nitrogen and oxygen atoms in total. The van der Waals surface area contributed by atoms with Gasteiger partial charge in [0.1, 0.15) is 0 Å². The Morgan fingerprint density at radius 1 is 1.36 bits per heavy atom. The van der Waals surface area contributed by atoms with Gasteiger partial charge in [-0.25, -0.2) is 8.42 Å². The second-order valence-electron chi connectivity index (χ2n) is 5.38. The van der Waals surface area contributed by atoms with Crippen LogP contribution in [0.2, 0.25) is 0 Å². The number of fused-ring (bicyclic) bond motifs is 2. The smallest absolute Gasteiger partial charge is 0.256 e. The highest BCUT2D eigenvalue weighted by atomic mass is 32.2. The summed E-state index contributed by atoms with van der Waals surface area (Å²) in [4.78, 5) is 19.6. The van der Waals surface area contributed by atoms with Gasteiger partial charge in [0, 0.05) is 24.7 Å². The van der Waals surface area contributed by atoms with E-state index in [2.05, 4.69) is 4.98 Å². The van der Waals surface area contributed by atoms with Gasteiger partial charge in [-0.1, -0.05) is 0 Å².